The lowest BCUT2D eigenvalue weighted by atomic mass is 9.93. The molecule has 6 aromatic rings. The molecule has 0 atom stereocenters. The lowest BCUT2D eigenvalue weighted by molar-refractivity contribution is 0.260. The molecule has 0 saturated heterocycles. The highest BCUT2D eigenvalue weighted by Crippen LogP contribution is 2.45. The summed E-state index contributed by atoms with van der Waals surface area (Å²) in [5.41, 5.74) is 3.52. The van der Waals surface area contributed by atoms with E-state index in [2.05, 4.69) is 64.1 Å². The summed E-state index contributed by atoms with van der Waals surface area (Å²) in [4.78, 5) is 10.1. The van der Waals surface area contributed by atoms with Crippen molar-refractivity contribution in [2.75, 3.05) is 26.4 Å². The molecule has 0 N–H and O–H groups in total. The van der Waals surface area contributed by atoms with Gasteiger partial charge in [0.2, 0.25) is 0 Å². The molecule has 264 valence electrons. The Bertz CT molecular complexity index is 1890. The average molecular weight is 675 g/mol. The highest BCUT2D eigenvalue weighted by Gasteiger charge is 2.19. The molecule has 1 heterocycles. The first-order chi connectivity index (χ1) is 24.6. The summed E-state index contributed by atoms with van der Waals surface area (Å²) < 4.78 is 26.0. The van der Waals surface area contributed by atoms with E-state index in [0.717, 1.165) is 154 Å². The van der Waals surface area contributed by atoms with Gasteiger partial charge in [-0.15, -0.1) is 0 Å². The zero-order chi connectivity index (χ0) is 34.7. The number of unbranched alkanes of at least 4 members (excludes halogenated alkanes) is 8. The topological polar surface area (TPSA) is 62.7 Å². The first kappa shape index (κ1) is 35.5. The number of fused-ring (bicyclic) bond motifs is 8. The van der Waals surface area contributed by atoms with Crippen LogP contribution in [0, 0.1) is 0 Å². The van der Waals surface area contributed by atoms with Crippen LogP contribution in [0.4, 0.5) is 0 Å². The van der Waals surface area contributed by atoms with E-state index in [1.54, 1.807) is 0 Å². The normalized spacial score (nSPS) is 11.7. The summed E-state index contributed by atoms with van der Waals surface area (Å²) >= 11 is 0. The zero-order valence-corrected chi connectivity index (χ0v) is 30.6. The number of ether oxygens (including phenoxy) is 4. The second-order valence-electron chi connectivity index (χ2n) is 13.5. The maximum absolute atomic E-state index is 6.50. The smallest absolute Gasteiger partial charge is 0.161 e. The third-order valence-electron chi connectivity index (χ3n) is 9.54. The van der Waals surface area contributed by atoms with Crippen molar-refractivity contribution in [2.24, 2.45) is 0 Å². The second-order valence-corrected chi connectivity index (χ2v) is 13.5. The van der Waals surface area contributed by atoms with Gasteiger partial charge < -0.3 is 18.9 Å². The summed E-state index contributed by atoms with van der Waals surface area (Å²) in [7, 11) is 0. The molecule has 0 aliphatic rings. The molecule has 1 aromatic heterocycles. The van der Waals surface area contributed by atoms with E-state index < -0.39 is 0 Å². The van der Waals surface area contributed by atoms with Gasteiger partial charge in [-0.1, -0.05) is 91.2 Å². The standard InChI is InChI=1S/C44H54N2O4/c1-5-9-15-21-47-41-27-33-31-25-39-40(46-38-20-14-13-19-37(38)45-39)26-32(31)34-28-42(48-22-16-10-6-2)44(50-24-18-12-8-4)30-36(34)35(33)29-43(41)49-23-17-11-7-3/h13-14,19-20,25-30H,5-12,15-18,21-24H2,1-4H3. The van der Waals surface area contributed by atoms with Gasteiger partial charge in [0.25, 0.3) is 0 Å². The maximum atomic E-state index is 6.50. The molecule has 5 aromatic carbocycles. The Morgan fingerprint density at radius 1 is 0.360 bits per heavy atom. The van der Waals surface area contributed by atoms with Gasteiger partial charge in [-0.05, 0) is 107 Å². The third kappa shape index (κ3) is 8.17. The predicted molar refractivity (Wildman–Crippen MR) is 210 cm³/mol. The Balaban J connectivity index is 1.60. The summed E-state index contributed by atoms with van der Waals surface area (Å²) in [6.45, 7) is 11.5. The Hall–Kier alpha value is -4.32. The number of benzene rings is 5. The summed E-state index contributed by atoms with van der Waals surface area (Å²) in [5, 5.41) is 6.61. The van der Waals surface area contributed by atoms with Gasteiger partial charge in [-0.2, -0.15) is 0 Å². The van der Waals surface area contributed by atoms with E-state index >= 15 is 0 Å². The highest BCUT2D eigenvalue weighted by atomic mass is 16.5. The van der Waals surface area contributed by atoms with Gasteiger partial charge in [-0.3, -0.25) is 0 Å². The van der Waals surface area contributed by atoms with Crippen LogP contribution >= 0.6 is 0 Å². The van der Waals surface area contributed by atoms with Crippen LogP contribution < -0.4 is 18.9 Å². The molecule has 0 amide bonds. The molecule has 50 heavy (non-hydrogen) atoms. The van der Waals surface area contributed by atoms with Crippen molar-refractivity contribution in [1.29, 1.82) is 0 Å². The van der Waals surface area contributed by atoms with Gasteiger partial charge in [0.1, 0.15) is 0 Å². The molecule has 0 aliphatic heterocycles. The van der Waals surface area contributed by atoms with E-state index in [1.807, 2.05) is 24.3 Å². The molecule has 6 heteroatoms. The van der Waals surface area contributed by atoms with Crippen LogP contribution in [-0.4, -0.2) is 36.4 Å². The number of hydrogen-bond acceptors (Lipinski definition) is 6. The molecule has 6 nitrogen and oxygen atoms in total. The van der Waals surface area contributed by atoms with Crippen LogP contribution in [0.25, 0.3) is 54.4 Å². The van der Waals surface area contributed by atoms with Crippen molar-refractivity contribution in [3.8, 4) is 23.0 Å². The average Bonchev–Trinajstić information content (AvgIpc) is 3.14. The van der Waals surface area contributed by atoms with E-state index in [4.69, 9.17) is 28.9 Å². The fourth-order valence-corrected chi connectivity index (χ4v) is 6.71. The quantitative estimate of drug-likeness (QED) is 0.0456. The SMILES string of the molecule is CCCCCOc1cc2c3cc(OCCCCC)c(OCCCCC)cc3c3cc4nc5ccccc5nc4cc3c2cc1OCCCCC. The molecule has 6 rings (SSSR count). The van der Waals surface area contributed by atoms with E-state index in [1.165, 1.54) is 0 Å². The van der Waals surface area contributed by atoms with Gasteiger partial charge in [0, 0.05) is 0 Å². The van der Waals surface area contributed by atoms with E-state index in [9.17, 15) is 0 Å². The van der Waals surface area contributed by atoms with Crippen molar-refractivity contribution in [3.05, 3.63) is 60.7 Å². The van der Waals surface area contributed by atoms with Crippen molar-refractivity contribution in [1.82, 2.24) is 9.97 Å². The van der Waals surface area contributed by atoms with Gasteiger partial charge >= 0.3 is 0 Å². The molecule has 0 bridgehead atoms. The lowest BCUT2D eigenvalue weighted by Crippen LogP contribution is -2.04. The van der Waals surface area contributed by atoms with Gasteiger partial charge in [0.15, 0.2) is 23.0 Å². The minimum absolute atomic E-state index is 0.658. The van der Waals surface area contributed by atoms with Crippen LogP contribution in [0.1, 0.15) is 105 Å². The van der Waals surface area contributed by atoms with Gasteiger partial charge in [-0.25, -0.2) is 9.97 Å². The van der Waals surface area contributed by atoms with Crippen molar-refractivity contribution >= 4 is 54.4 Å². The summed E-state index contributed by atoms with van der Waals surface area (Å²) in [5.74, 6) is 3.18. The number of aromatic nitrogens is 2. The van der Waals surface area contributed by atoms with Crippen molar-refractivity contribution < 1.29 is 18.9 Å². The Labute approximate surface area is 297 Å². The summed E-state index contributed by atoms with van der Waals surface area (Å²) in [6, 6.07) is 21.2. The van der Waals surface area contributed by atoms with Crippen LogP contribution in [-0.2, 0) is 0 Å². The number of nitrogens with zero attached hydrogens (tertiary/aromatic N) is 2. The molecular weight excluding hydrogens is 620 g/mol. The van der Waals surface area contributed by atoms with Crippen LogP contribution in [0.2, 0.25) is 0 Å². The minimum atomic E-state index is 0.658. The third-order valence-corrected chi connectivity index (χ3v) is 9.54. The van der Waals surface area contributed by atoms with Crippen LogP contribution in [0.15, 0.2) is 60.7 Å². The first-order valence-electron chi connectivity index (χ1n) is 19.2. The fraction of sp³-hybridized carbons (Fsp3) is 0.455. The lowest BCUT2D eigenvalue weighted by Gasteiger charge is -2.19. The number of rotatable bonds is 20. The highest BCUT2D eigenvalue weighted by molar-refractivity contribution is 6.28. The Morgan fingerprint density at radius 3 is 0.920 bits per heavy atom. The number of hydrogen-bond donors (Lipinski definition) is 0. The minimum Gasteiger partial charge on any atom is -0.490 e. The Kier molecular flexibility index (Phi) is 12.5. The second kappa shape index (κ2) is 17.6. The van der Waals surface area contributed by atoms with Crippen LogP contribution in [0.5, 0.6) is 23.0 Å². The fourth-order valence-electron chi connectivity index (χ4n) is 6.71. The van der Waals surface area contributed by atoms with Crippen molar-refractivity contribution in [2.45, 2.75) is 105 Å². The van der Waals surface area contributed by atoms with Crippen molar-refractivity contribution in [3.63, 3.8) is 0 Å². The molecule has 0 aliphatic carbocycles. The molecule has 0 saturated carbocycles. The zero-order valence-electron chi connectivity index (χ0n) is 30.6. The molecular formula is C44H54N2O4. The van der Waals surface area contributed by atoms with E-state index in [-0.39, 0.29) is 0 Å². The Morgan fingerprint density at radius 2 is 0.640 bits per heavy atom. The monoisotopic (exact) mass is 674 g/mol. The number of para-hydroxylation sites is 2. The molecule has 0 unspecified atom stereocenters. The molecule has 0 fully saturated rings. The largest absolute Gasteiger partial charge is 0.490 e. The molecule has 0 spiro atoms. The summed E-state index contributed by atoms with van der Waals surface area (Å²) in [6.07, 6.45) is 13.2. The van der Waals surface area contributed by atoms with E-state index in [0.29, 0.717) is 26.4 Å². The first-order valence-corrected chi connectivity index (χ1v) is 19.2. The predicted octanol–water partition coefficient (Wildman–Crippen LogP) is 12.5. The van der Waals surface area contributed by atoms with Gasteiger partial charge in [0.05, 0.1) is 48.5 Å². The maximum Gasteiger partial charge on any atom is 0.161 e. The molecule has 0 radical (unpaired) electrons. The van der Waals surface area contributed by atoms with Crippen LogP contribution in [0.3, 0.4) is 0 Å².